The smallest absolute Gasteiger partial charge is 0.180 e. The van der Waals surface area contributed by atoms with E-state index in [0.29, 0.717) is 0 Å². The zero-order valence-corrected chi connectivity index (χ0v) is 36.0. The van der Waals surface area contributed by atoms with Gasteiger partial charge in [0.25, 0.3) is 0 Å². The molecule has 0 bridgehead atoms. The SMILES string of the molecule is c1ccc(-n2c3ccc(-n4c5ccccc5c5ccccc54)cc3c3cc(-n4c5ccccc5c5c([Si](c6ccccc6)(c6ccccc6)c6ccccc6)cccc54)ccc32)cc1. The van der Waals surface area contributed by atoms with Crippen LogP contribution in [0.3, 0.4) is 0 Å². The Morgan fingerprint density at radius 2 is 0.594 bits per heavy atom. The molecule has 0 saturated heterocycles. The summed E-state index contributed by atoms with van der Waals surface area (Å²) in [5.41, 5.74) is 10.6. The van der Waals surface area contributed by atoms with Crippen LogP contribution >= 0.6 is 0 Å². The Balaban J connectivity index is 1.11. The lowest BCUT2D eigenvalue weighted by atomic mass is 10.1. The van der Waals surface area contributed by atoms with Crippen molar-refractivity contribution in [1.29, 1.82) is 0 Å². The minimum absolute atomic E-state index is 1.14. The molecule has 10 aromatic carbocycles. The molecule has 0 N–H and O–H groups in total. The highest BCUT2D eigenvalue weighted by atomic mass is 28.3. The Bertz CT molecular complexity index is 3730. The van der Waals surface area contributed by atoms with Crippen molar-refractivity contribution in [2.75, 3.05) is 0 Å². The van der Waals surface area contributed by atoms with Crippen LogP contribution in [0.4, 0.5) is 0 Å². The highest BCUT2D eigenvalue weighted by Gasteiger charge is 2.43. The summed E-state index contributed by atoms with van der Waals surface area (Å²) in [4.78, 5) is 0. The van der Waals surface area contributed by atoms with Gasteiger partial charge in [-0.25, -0.2) is 0 Å². The number of hydrogen-bond acceptors (Lipinski definition) is 0. The first-order valence-corrected chi connectivity index (χ1v) is 24.1. The molecule has 0 spiro atoms. The van der Waals surface area contributed by atoms with Gasteiger partial charge in [-0.05, 0) is 93.5 Å². The highest BCUT2D eigenvalue weighted by Crippen LogP contribution is 2.39. The average Bonchev–Trinajstić information content (AvgIpc) is 4.01. The van der Waals surface area contributed by atoms with Crippen molar-refractivity contribution in [1.82, 2.24) is 13.7 Å². The van der Waals surface area contributed by atoms with Crippen LogP contribution in [0.1, 0.15) is 0 Å². The van der Waals surface area contributed by atoms with Gasteiger partial charge < -0.3 is 13.7 Å². The van der Waals surface area contributed by atoms with Crippen LogP contribution in [-0.2, 0) is 0 Å². The van der Waals surface area contributed by atoms with Gasteiger partial charge in [0.2, 0.25) is 0 Å². The van der Waals surface area contributed by atoms with E-state index in [0.717, 1.165) is 17.1 Å². The van der Waals surface area contributed by atoms with Gasteiger partial charge in [-0.3, -0.25) is 0 Å². The molecule has 0 aliphatic rings. The maximum absolute atomic E-state index is 2.87. The van der Waals surface area contributed by atoms with Gasteiger partial charge in [-0.1, -0.05) is 176 Å². The van der Waals surface area contributed by atoms with Crippen LogP contribution in [0.5, 0.6) is 0 Å². The van der Waals surface area contributed by atoms with Crippen LogP contribution in [0.2, 0.25) is 0 Å². The predicted molar refractivity (Wildman–Crippen MR) is 273 cm³/mol. The second-order valence-corrected chi connectivity index (χ2v) is 20.6. The van der Waals surface area contributed by atoms with E-state index in [-0.39, 0.29) is 0 Å². The van der Waals surface area contributed by atoms with E-state index in [1.165, 1.54) is 86.2 Å². The molecule has 3 aromatic heterocycles. The third kappa shape index (κ3) is 5.27. The van der Waals surface area contributed by atoms with Crippen molar-refractivity contribution >= 4 is 94.2 Å². The van der Waals surface area contributed by atoms with Crippen molar-refractivity contribution in [3.63, 3.8) is 0 Å². The molecule has 64 heavy (non-hydrogen) atoms. The lowest BCUT2D eigenvalue weighted by Gasteiger charge is -2.35. The molecule has 0 unspecified atom stereocenters. The van der Waals surface area contributed by atoms with E-state index < -0.39 is 8.07 Å². The van der Waals surface area contributed by atoms with Gasteiger partial charge >= 0.3 is 0 Å². The molecule has 0 aliphatic heterocycles. The third-order valence-corrected chi connectivity index (χ3v) is 18.4. The summed E-state index contributed by atoms with van der Waals surface area (Å²) < 4.78 is 7.36. The van der Waals surface area contributed by atoms with Crippen LogP contribution in [0, 0.1) is 0 Å². The van der Waals surface area contributed by atoms with Gasteiger partial charge in [0, 0.05) is 49.4 Å². The normalized spacial score (nSPS) is 12.1. The summed E-state index contributed by atoms with van der Waals surface area (Å²) in [7, 11) is -2.87. The predicted octanol–water partition coefficient (Wildman–Crippen LogP) is 12.4. The molecule has 13 aromatic rings. The topological polar surface area (TPSA) is 14.8 Å². The van der Waals surface area contributed by atoms with Crippen molar-refractivity contribution in [3.8, 4) is 17.1 Å². The van der Waals surface area contributed by atoms with E-state index in [1.54, 1.807) is 0 Å². The molecule has 0 radical (unpaired) electrons. The first-order valence-electron chi connectivity index (χ1n) is 22.1. The molecule has 13 rings (SSSR count). The standard InChI is InChI=1S/C60H41N3Si/c1-5-20-42(21-6-1)61-56-38-36-43(62-53-31-16-13-28-48(53)49-29-14-17-32-54(49)62)40-51(56)52-41-44(37-39-57(52)61)63-55-33-18-15-30-50(55)60-58(63)34-19-35-59(60)64(45-22-7-2-8-23-45,46-24-9-3-10-25-46)47-26-11-4-12-27-47/h1-41H. The molecule has 300 valence electrons. The van der Waals surface area contributed by atoms with Crippen molar-refractivity contribution in [2.24, 2.45) is 0 Å². The van der Waals surface area contributed by atoms with E-state index in [9.17, 15) is 0 Å². The minimum atomic E-state index is -2.87. The fourth-order valence-electron chi connectivity index (χ4n) is 11.0. The number of rotatable bonds is 7. The van der Waals surface area contributed by atoms with Crippen LogP contribution in [-0.4, -0.2) is 21.8 Å². The molecule has 0 fully saturated rings. The number of nitrogens with zero attached hydrogens (tertiary/aromatic N) is 3. The molecule has 0 atom stereocenters. The lowest BCUT2D eigenvalue weighted by Crippen LogP contribution is -2.74. The molecule has 4 heteroatoms. The first-order chi connectivity index (χ1) is 31.8. The zero-order chi connectivity index (χ0) is 42.2. The van der Waals surface area contributed by atoms with Crippen molar-refractivity contribution in [2.45, 2.75) is 0 Å². The second-order valence-electron chi connectivity index (χ2n) is 16.8. The van der Waals surface area contributed by atoms with Gasteiger partial charge in [0.15, 0.2) is 8.07 Å². The van der Waals surface area contributed by atoms with Gasteiger partial charge in [-0.2, -0.15) is 0 Å². The first kappa shape index (κ1) is 36.5. The number of para-hydroxylation sites is 4. The summed E-state index contributed by atoms with van der Waals surface area (Å²) in [6, 6.07) is 92.3. The number of hydrogen-bond donors (Lipinski definition) is 0. The van der Waals surface area contributed by atoms with E-state index in [4.69, 9.17) is 0 Å². The fourth-order valence-corrected chi connectivity index (χ4v) is 16.0. The van der Waals surface area contributed by atoms with E-state index in [2.05, 4.69) is 262 Å². The van der Waals surface area contributed by atoms with Crippen LogP contribution in [0.25, 0.3) is 82.5 Å². The van der Waals surface area contributed by atoms with Gasteiger partial charge in [-0.15, -0.1) is 0 Å². The maximum Gasteiger partial charge on any atom is 0.180 e. The quantitative estimate of drug-likeness (QED) is 0.112. The minimum Gasteiger partial charge on any atom is -0.309 e. The fraction of sp³-hybridized carbons (Fsp3) is 0. The van der Waals surface area contributed by atoms with Gasteiger partial charge in [0.05, 0.1) is 33.1 Å². The number of benzene rings is 10. The molecule has 3 heterocycles. The van der Waals surface area contributed by atoms with Crippen LogP contribution in [0.15, 0.2) is 249 Å². The average molecular weight is 832 g/mol. The lowest BCUT2D eigenvalue weighted by molar-refractivity contribution is 1.16. The van der Waals surface area contributed by atoms with Crippen LogP contribution < -0.4 is 20.7 Å². The highest BCUT2D eigenvalue weighted by molar-refractivity contribution is 7.20. The largest absolute Gasteiger partial charge is 0.309 e. The Labute approximate surface area is 372 Å². The monoisotopic (exact) mass is 831 g/mol. The molecule has 0 saturated carbocycles. The van der Waals surface area contributed by atoms with Crippen molar-refractivity contribution in [3.05, 3.63) is 249 Å². The zero-order valence-electron chi connectivity index (χ0n) is 35.0. The summed E-state index contributed by atoms with van der Waals surface area (Å²) in [6.45, 7) is 0. The molecule has 0 amide bonds. The summed E-state index contributed by atoms with van der Waals surface area (Å²) in [5, 5.41) is 13.0. The Morgan fingerprint density at radius 1 is 0.234 bits per heavy atom. The molecule has 0 aliphatic carbocycles. The second kappa shape index (κ2) is 14.5. The summed E-state index contributed by atoms with van der Waals surface area (Å²) >= 11 is 0. The Morgan fingerprint density at radius 3 is 1.09 bits per heavy atom. The number of fused-ring (bicyclic) bond motifs is 9. The number of aromatic nitrogens is 3. The molecular formula is C60H41N3Si. The Hall–Kier alpha value is -8.18. The van der Waals surface area contributed by atoms with E-state index in [1.807, 2.05) is 0 Å². The molecular weight excluding hydrogens is 791 g/mol. The van der Waals surface area contributed by atoms with Gasteiger partial charge in [0.1, 0.15) is 0 Å². The third-order valence-electron chi connectivity index (χ3n) is 13.6. The summed E-state index contributed by atoms with van der Waals surface area (Å²) in [5.74, 6) is 0. The molecule has 3 nitrogen and oxygen atoms in total. The van der Waals surface area contributed by atoms with Crippen molar-refractivity contribution < 1.29 is 0 Å². The summed E-state index contributed by atoms with van der Waals surface area (Å²) in [6.07, 6.45) is 0. The Kier molecular flexibility index (Phi) is 8.23. The van der Waals surface area contributed by atoms with E-state index >= 15 is 0 Å². The maximum atomic E-state index is 2.51.